The van der Waals surface area contributed by atoms with Crippen molar-refractivity contribution < 1.29 is 0 Å². The van der Waals surface area contributed by atoms with E-state index in [0.29, 0.717) is 5.41 Å². The molecule has 2 aliphatic rings. The Morgan fingerprint density at radius 1 is 1.37 bits per heavy atom. The summed E-state index contributed by atoms with van der Waals surface area (Å²) in [6.07, 6.45) is 6.66. The van der Waals surface area contributed by atoms with Gasteiger partial charge in [-0.3, -0.25) is 4.68 Å². The zero-order chi connectivity index (χ0) is 13.6. The zero-order valence-corrected chi connectivity index (χ0v) is 13.8. The van der Waals surface area contributed by atoms with Crippen LogP contribution in [0.15, 0.2) is 4.47 Å². The summed E-state index contributed by atoms with van der Waals surface area (Å²) in [5, 5.41) is 8.27. The summed E-state index contributed by atoms with van der Waals surface area (Å²) in [4.78, 5) is 0. The fourth-order valence-electron chi connectivity index (χ4n) is 3.05. The topological polar surface area (TPSA) is 29.9 Å². The molecule has 4 heteroatoms. The fourth-order valence-corrected chi connectivity index (χ4v) is 3.53. The van der Waals surface area contributed by atoms with Crippen molar-refractivity contribution in [1.82, 2.24) is 15.1 Å². The lowest BCUT2D eigenvalue weighted by molar-refractivity contribution is 0.249. The third-order valence-corrected chi connectivity index (χ3v) is 5.80. The molecule has 19 heavy (non-hydrogen) atoms. The molecule has 2 fully saturated rings. The molecule has 0 bridgehead atoms. The molecule has 1 atom stereocenters. The van der Waals surface area contributed by atoms with Crippen LogP contribution in [0.25, 0.3) is 0 Å². The first-order chi connectivity index (χ1) is 8.99. The second-order valence-electron chi connectivity index (χ2n) is 6.73. The molecular formula is C15H24BrN3. The summed E-state index contributed by atoms with van der Waals surface area (Å²) >= 11 is 3.71. The highest BCUT2D eigenvalue weighted by Crippen LogP contribution is 2.48. The maximum atomic E-state index is 4.53. The van der Waals surface area contributed by atoms with Gasteiger partial charge < -0.3 is 5.32 Å². The van der Waals surface area contributed by atoms with Crippen LogP contribution in [-0.4, -0.2) is 22.4 Å². The molecule has 1 unspecified atom stereocenters. The van der Waals surface area contributed by atoms with E-state index in [1.54, 1.807) is 0 Å². The van der Waals surface area contributed by atoms with Gasteiger partial charge in [0.15, 0.2) is 0 Å². The van der Waals surface area contributed by atoms with Crippen LogP contribution in [0.2, 0.25) is 0 Å². The van der Waals surface area contributed by atoms with Gasteiger partial charge in [0.25, 0.3) is 0 Å². The molecule has 0 saturated heterocycles. The second kappa shape index (κ2) is 4.88. The van der Waals surface area contributed by atoms with Crippen LogP contribution in [0.5, 0.6) is 0 Å². The third-order valence-electron chi connectivity index (χ3n) is 4.77. The minimum absolute atomic E-state index is 0.380. The van der Waals surface area contributed by atoms with Crippen molar-refractivity contribution in [3.63, 3.8) is 0 Å². The molecule has 1 aromatic heterocycles. The largest absolute Gasteiger partial charge is 0.313 e. The van der Waals surface area contributed by atoms with Crippen molar-refractivity contribution in [2.45, 2.75) is 52.0 Å². The van der Waals surface area contributed by atoms with Gasteiger partial charge in [-0.25, -0.2) is 0 Å². The molecule has 1 heterocycles. The summed E-state index contributed by atoms with van der Waals surface area (Å²) in [6.45, 7) is 5.68. The molecule has 106 valence electrons. The van der Waals surface area contributed by atoms with E-state index in [-0.39, 0.29) is 0 Å². The van der Waals surface area contributed by atoms with Crippen molar-refractivity contribution >= 4 is 15.9 Å². The molecule has 0 amide bonds. The summed E-state index contributed by atoms with van der Waals surface area (Å²) in [5.74, 6) is 0.890. The van der Waals surface area contributed by atoms with E-state index < -0.39 is 0 Å². The Bertz CT molecular complexity index is 474. The van der Waals surface area contributed by atoms with E-state index in [1.165, 1.54) is 35.8 Å². The molecule has 0 aromatic carbocycles. The monoisotopic (exact) mass is 325 g/mol. The normalized spacial score (nSPS) is 22.5. The highest BCUT2D eigenvalue weighted by molar-refractivity contribution is 9.10. The van der Waals surface area contributed by atoms with Gasteiger partial charge in [-0.2, -0.15) is 5.10 Å². The first-order valence-electron chi connectivity index (χ1n) is 7.41. The van der Waals surface area contributed by atoms with Crippen molar-refractivity contribution in [3.8, 4) is 0 Å². The summed E-state index contributed by atoms with van der Waals surface area (Å²) in [6, 6.07) is 0.801. The van der Waals surface area contributed by atoms with Crippen LogP contribution in [0.3, 0.4) is 0 Å². The molecule has 0 aliphatic heterocycles. The number of hydrogen-bond donors (Lipinski definition) is 1. The van der Waals surface area contributed by atoms with E-state index in [0.717, 1.165) is 30.6 Å². The van der Waals surface area contributed by atoms with E-state index in [1.807, 2.05) is 0 Å². The lowest BCUT2D eigenvalue weighted by Gasteiger charge is -2.30. The van der Waals surface area contributed by atoms with E-state index in [2.05, 4.69) is 51.9 Å². The Kier molecular flexibility index (Phi) is 3.50. The molecule has 0 spiro atoms. The number of aryl methyl sites for hydroxylation is 2. The SMILES string of the molecule is Cc1nn(C)c(CC(C)(CNC2CC2)C2CC2)c1Br. The van der Waals surface area contributed by atoms with Crippen molar-refractivity contribution in [3.05, 3.63) is 15.9 Å². The molecule has 2 saturated carbocycles. The summed E-state index contributed by atoms with van der Waals surface area (Å²) < 4.78 is 3.25. The first-order valence-corrected chi connectivity index (χ1v) is 8.20. The van der Waals surface area contributed by atoms with Gasteiger partial charge in [0, 0.05) is 19.6 Å². The molecular weight excluding hydrogens is 302 g/mol. The van der Waals surface area contributed by atoms with Gasteiger partial charge in [-0.15, -0.1) is 0 Å². The maximum absolute atomic E-state index is 4.53. The fraction of sp³-hybridized carbons (Fsp3) is 0.800. The summed E-state index contributed by atoms with van der Waals surface area (Å²) in [5.41, 5.74) is 2.83. The van der Waals surface area contributed by atoms with Crippen LogP contribution in [0.1, 0.15) is 44.0 Å². The number of hydrogen-bond acceptors (Lipinski definition) is 2. The molecule has 0 radical (unpaired) electrons. The van der Waals surface area contributed by atoms with Crippen molar-refractivity contribution in [1.29, 1.82) is 0 Å². The van der Waals surface area contributed by atoms with Crippen LogP contribution < -0.4 is 5.32 Å². The first kappa shape index (κ1) is 13.6. The van der Waals surface area contributed by atoms with E-state index in [4.69, 9.17) is 0 Å². The smallest absolute Gasteiger partial charge is 0.0738 e. The highest BCUT2D eigenvalue weighted by atomic mass is 79.9. The Balaban J connectivity index is 1.75. The minimum atomic E-state index is 0.380. The zero-order valence-electron chi connectivity index (χ0n) is 12.2. The highest BCUT2D eigenvalue weighted by Gasteiger charge is 2.43. The molecule has 3 nitrogen and oxygen atoms in total. The van der Waals surface area contributed by atoms with Crippen LogP contribution in [0, 0.1) is 18.3 Å². The number of nitrogens with zero attached hydrogens (tertiary/aromatic N) is 2. The van der Waals surface area contributed by atoms with Crippen LogP contribution >= 0.6 is 15.9 Å². The van der Waals surface area contributed by atoms with Gasteiger partial charge >= 0.3 is 0 Å². The second-order valence-corrected chi connectivity index (χ2v) is 7.52. The average molecular weight is 326 g/mol. The molecule has 2 aliphatic carbocycles. The van der Waals surface area contributed by atoms with Gasteiger partial charge in [-0.1, -0.05) is 6.92 Å². The van der Waals surface area contributed by atoms with Gasteiger partial charge in [0.2, 0.25) is 0 Å². The maximum Gasteiger partial charge on any atom is 0.0738 e. The summed E-state index contributed by atoms with van der Waals surface area (Å²) in [7, 11) is 2.06. The predicted octanol–water partition coefficient (Wildman–Crippen LogP) is 3.20. The predicted molar refractivity (Wildman–Crippen MR) is 81.2 cm³/mol. The molecule has 1 aromatic rings. The van der Waals surface area contributed by atoms with Crippen LogP contribution in [0.4, 0.5) is 0 Å². The Morgan fingerprint density at radius 2 is 2.05 bits per heavy atom. The van der Waals surface area contributed by atoms with E-state index in [9.17, 15) is 0 Å². The Morgan fingerprint density at radius 3 is 2.53 bits per heavy atom. The lowest BCUT2D eigenvalue weighted by atomic mass is 9.80. The Hall–Kier alpha value is -0.350. The Labute approximate surface area is 124 Å². The molecule has 1 N–H and O–H groups in total. The number of nitrogens with one attached hydrogen (secondary N) is 1. The standard InChI is InChI=1S/C15H24BrN3/c1-10-14(16)13(19(3)18-10)8-15(2,11-4-5-11)9-17-12-6-7-12/h11-12,17H,4-9H2,1-3H3. The van der Waals surface area contributed by atoms with Gasteiger partial charge in [0.1, 0.15) is 0 Å². The minimum Gasteiger partial charge on any atom is -0.313 e. The molecule has 3 rings (SSSR count). The number of aromatic nitrogens is 2. The van der Waals surface area contributed by atoms with Crippen LogP contribution in [-0.2, 0) is 13.5 Å². The third kappa shape index (κ3) is 2.89. The average Bonchev–Trinajstić information content (AvgIpc) is 3.25. The number of halogens is 1. The quantitative estimate of drug-likeness (QED) is 0.870. The lowest BCUT2D eigenvalue weighted by Crippen LogP contribution is -2.37. The van der Waals surface area contributed by atoms with E-state index >= 15 is 0 Å². The van der Waals surface area contributed by atoms with Crippen molar-refractivity contribution in [2.24, 2.45) is 18.4 Å². The van der Waals surface area contributed by atoms with Crippen molar-refractivity contribution in [2.75, 3.05) is 6.54 Å². The van der Waals surface area contributed by atoms with Gasteiger partial charge in [-0.05, 0) is 66.3 Å². The number of rotatable bonds is 6. The van der Waals surface area contributed by atoms with Gasteiger partial charge in [0.05, 0.1) is 15.9 Å².